The minimum Gasteiger partial charge on any atom is -0.327 e. The van der Waals surface area contributed by atoms with E-state index in [1.54, 1.807) is 6.92 Å². The van der Waals surface area contributed by atoms with E-state index in [2.05, 4.69) is 12.2 Å². The maximum absolute atomic E-state index is 13.8. The molecule has 3 atom stereocenters. The quantitative estimate of drug-likeness (QED) is 0.703. The van der Waals surface area contributed by atoms with Gasteiger partial charge >= 0.3 is 0 Å². The van der Waals surface area contributed by atoms with Gasteiger partial charge in [-0.1, -0.05) is 13.3 Å². The van der Waals surface area contributed by atoms with Crippen LogP contribution in [0.5, 0.6) is 0 Å². The van der Waals surface area contributed by atoms with Crippen LogP contribution in [0.4, 0.5) is 4.39 Å². The standard InChI is InChI=1S/C10H21FN2/c1-3-8-4-5-13-9(6-8)10(2,11)7-12/h8-9,13H,3-7,12H2,1-2H3. The van der Waals surface area contributed by atoms with Crippen molar-refractivity contribution in [2.24, 2.45) is 11.7 Å². The van der Waals surface area contributed by atoms with Crippen LogP contribution in [0, 0.1) is 5.92 Å². The molecule has 0 saturated carbocycles. The van der Waals surface area contributed by atoms with Gasteiger partial charge in [0.05, 0.1) is 0 Å². The van der Waals surface area contributed by atoms with Gasteiger partial charge in [0.25, 0.3) is 0 Å². The highest BCUT2D eigenvalue weighted by atomic mass is 19.1. The van der Waals surface area contributed by atoms with Gasteiger partial charge in [0.2, 0.25) is 0 Å². The first kappa shape index (κ1) is 10.9. The molecule has 0 aliphatic carbocycles. The third-order valence-electron chi connectivity index (χ3n) is 3.22. The molecule has 0 bridgehead atoms. The summed E-state index contributed by atoms with van der Waals surface area (Å²) in [5.74, 6) is 0.674. The summed E-state index contributed by atoms with van der Waals surface area (Å²) in [6, 6.07) is -0.0452. The molecule has 3 unspecified atom stereocenters. The largest absolute Gasteiger partial charge is 0.327 e. The highest BCUT2D eigenvalue weighted by Gasteiger charge is 2.35. The maximum atomic E-state index is 13.8. The summed E-state index contributed by atoms with van der Waals surface area (Å²) in [6.07, 6.45) is 3.26. The summed E-state index contributed by atoms with van der Waals surface area (Å²) >= 11 is 0. The van der Waals surface area contributed by atoms with E-state index < -0.39 is 5.67 Å². The lowest BCUT2D eigenvalue weighted by molar-refractivity contribution is 0.0985. The minimum atomic E-state index is -1.24. The van der Waals surface area contributed by atoms with E-state index in [1.807, 2.05) is 0 Å². The average molecular weight is 188 g/mol. The van der Waals surface area contributed by atoms with Crippen LogP contribution in [-0.2, 0) is 0 Å². The highest BCUT2D eigenvalue weighted by molar-refractivity contribution is 4.93. The number of alkyl halides is 1. The van der Waals surface area contributed by atoms with Crippen LogP contribution in [-0.4, -0.2) is 24.8 Å². The first-order chi connectivity index (χ1) is 6.10. The summed E-state index contributed by atoms with van der Waals surface area (Å²) in [4.78, 5) is 0. The topological polar surface area (TPSA) is 38.0 Å². The second-order valence-corrected chi connectivity index (χ2v) is 4.29. The van der Waals surface area contributed by atoms with E-state index in [0.29, 0.717) is 5.92 Å². The predicted molar refractivity (Wildman–Crippen MR) is 53.4 cm³/mol. The third-order valence-corrected chi connectivity index (χ3v) is 3.22. The van der Waals surface area contributed by atoms with E-state index in [1.165, 1.54) is 6.42 Å². The summed E-state index contributed by atoms with van der Waals surface area (Å²) in [6.45, 7) is 4.82. The van der Waals surface area contributed by atoms with Gasteiger partial charge in [-0.2, -0.15) is 0 Å². The molecule has 1 heterocycles. The molecule has 78 valence electrons. The molecule has 3 N–H and O–H groups in total. The molecule has 1 rings (SSSR count). The molecule has 0 aromatic carbocycles. The lowest BCUT2D eigenvalue weighted by Crippen LogP contribution is -2.53. The van der Waals surface area contributed by atoms with Crippen LogP contribution in [0.3, 0.4) is 0 Å². The number of halogens is 1. The van der Waals surface area contributed by atoms with E-state index in [-0.39, 0.29) is 12.6 Å². The normalized spacial score (nSPS) is 34.2. The van der Waals surface area contributed by atoms with Crippen LogP contribution in [0.1, 0.15) is 33.1 Å². The summed E-state index contributed by atoms with van der Waals surface area (Å²) in [5.41, 5.74) is 4.17. The fourth-order valence-electron chi connectivity index (χ4n) is 1.97. The Morgan fingerprint density at radius 2 is 2.31 bits per heavy atom. The van der Waals surface area contributed by atoms with Gasteiger partial charge in [-0.15, -0.1) is 0 Å². The second-order valence-electron chi connectivity index (χ2n) is 4.29. The Bertz CT molecular complexity index is 159. The Labute approximate surface area is 80.1 Å². The molecule has 1 fully saturated rings. The van der Waals surface area contributed by atoms with Crippen molar-refractivity contribution >= 4 is 0 Å². The van der Waals surface area contributed by atoms with Crippen LogP contribution in [0.25, 0.3) is 0 Å². The average Bonchev–Trinajstić information content (AvgIpc) is 2.18. The molecule has 1 aliphatic rings. The maximum Gasteiger partial charge on any atom is 0.135 e. The van der Waals surface area contributed by atoms with E-state index in [9.17, 15) is 4.39 Å². The zero-order chi connectivity index (χ0) is 9.90. The van der Waals surface area contributed by atoms with Crippen molar-refractivity contribution in [3.05, 3.63) is 0 Å². The molecule has 1 aliphatic heterocycles. The SMILES string of the molecule is CCC1CCNC(C(C)(F)CN)C1. The van der Waals surface area contributed by atoms with Crippen LogP contribution < -0.4 is 11.1 Å². The Morgan fingerprint density at radius 1 is 1.62 bits per heavy atom. The molecule has 3 heteroatoms. The van der Waals surface area contributed by atoms with Crippen molar-refractivity contribution in [3.63, 3.8) is 0 Å². The number of nitrogens with two attached hydrogens (primary N) is 1. The van der Waals surface area contributed by atoms with Gasteiger partial charge in [-0.25, -0.2) is 4.39 Å². The van der Waals surface area contributed by atoms with Gasteiger partial charge < -0.3 is 11.1 Å². The molecule has 0 spiro atoms. The van der Waals surface area contributed by atoms with Crippen molar-refractivity contribution in [2.45, 2.75) is 44.8 Å². The van der Waals surface area contributed by atoms with E-state index >= 15 is 0 Å². The van der Waals surface area contributed by atoms with Crippen molar-refractivity contribution in [2.75, 3.05) is 13.1 Å². The van der Waals surface area contributed by atoms with Gasteiger partial charge in [-0.3, -0.25) is 0 Å². The summed E-state index contributed by atoms with van der Waals surface area (Å²) in [7, 11) is 0. The Kier molecular flexibility index (Phi) is 3.68. The summed E-state index contributed by atoms with van der Waals surface area (Å²) < 4.78 is 13.8. The van der Waals surface area contributed by atoms with Gasteiger partial charge in [-0.05, 0) is 32.2 Å². The highest BCUT2D eigenvalue weighted by Crippen LogP contribution is 2.27. The van der Waals surface area contributed by atoms with Crippen molar-refractivity contribution < 1.29 is 4.39 Å². The molecular formula is C10H21FN2. The van der Waals surface area contributed by atoms with Crippen LogP contribution >= 0.6 is 0 Å². The Morgan fingerprint density at radius 3 is 2.85 bits per heavy atom. The third kappa shape index (κ3) is 2.64. The number of nitrogens with one attached hydrogen (secondary N) is 1. The number of hydrogen-bond donors (Lipinski definition) is 2. The number of rotatable bonds is 3. The van der Waals surface area contributed by atoms with Gasteiger partial charge in [0.1, 0.15) is 5.67 Å². The first-order valence-electron chi connectivity index (χ1n) is 5.22. The lowest BCUT2D eigenvalue weighted by atomic mass is 9.83. The lowest BCUT2D eigenvalue weighted by Gasteiger charge is -2.37. The van der Waals surface area contributed by atoms with Crippen molar-refractivity contribution in [1.82, 2.24) is 5.32 Å². The van der Waals surface area contributed by atoms with Crippen molar-refractivity contribution in [1.29, 1.82) is 0 Å². The number of hydrogen-bond acceptors (Lipinski definition) is 2. The molecular weight excluding hydrogens is 167 g/mol. The van der Waals surface area contributed by atoms with Crippen LogP contribution in [0.15, 0.2) is 0 Å². The van der Waals surface area contributed by atoms with E-state index in [0.717, 1.165) is 19.4 Å². The minimum absolute atomic E-state index is 0.0452. The fraction of sp³-hybridized carbons (Fsp3) is 1.00. The second kappa shape index (κ2) is 4.38. The van der Waals surface area contributed by atoms with Crippen molar-refractivity contribution in [3.8, 4) is 0 Å². The molecule has 2 nitrogen and oxygen atoms in total. The first-order valence-corrected chi connectivity index (χ1v) is 5.22. The Hall–Kier alpha value is -0.150. The van der Waals surface area contributed by atoms with Gasteiger partial charge in [0, 0.05) is 12.6 Å². The zero-order valence-corrected chi connectivity index (χ0v) is 8.65. The summed E-state index contributed by atoms with van der Waals surface area (Å²) in [5, 5.41) is 3.22. The van der Waals surface area contributed by atoms with E-state index in [4.69, 9.17) is 5.73 Å². The van der Waals surface area contributed by atoms with Gasteiger partial charge in [0.15, 0.2) is 0 Å². The van der Waals surface area contributed by atoms with Crippen LogP contribution in [0.2, 0.25) is 0 Å². The monoisotopic (exact) mass is 188 g/mol. The molecule has 0 radical (unpaired) electrons. The Balaban J connectivity index is 2.50. The predicted octanol–water partition coefficient (Wildman–Crippen LogP) is 1.45. The molecule has 0 aromatic rings. The molecule has 13 heavy (non-hydrogen) atoms. The number of piperidine rings is 1. The molecule has 1 saturated heterocycles. The smallest absolute Gasteiger partial charge is 0.135 e. The molecule has 0 aromatic heterocycles. The zero-order valence-electron chi connectivity index (χ0n) is 8.65. The fourth-order valence-corrected chi connectivity index (χ4v) is 1.97. The molecule has 0 amide bonds.